The van der Waals surface area contributed by atoms with Gasteiger partial charge in [-0.25, -0.2) is 0 Å². The first-order valence-electron chi connectivity index (χ1n) is 6.84. The molecular formula is C15H24O2. The van der Waals surface area contributed by atoms with E-state index in [0.717, 1.165) is 6.42 Å². The molecule has 1 fully saturated rings. The lowest BCUT2D eigenvalue weighted by Gasteiger charge is -2.49. The van der Waals surface area contributed by atoms with Crippen LogP contribution >= 0.6 is 0 Å². The van der Waals surface area contributed by atoms with Gasteiger partial charge in [0, 0.05) is 0 Å². The molecule has 2 heteroatoms. The van der Waals surface area contributed by atoms with Gasteiger partial charge in [-0.15, -0.1) is 0 Å². The lowest BCUT2D eigenvalue weighted by atomic mass is 9.56. The van der Waals surface area contributed by atoms with Crippen LogP contribution in [0.2, 0.25) is 0 Å². The average molecular weight is 236 g/mol. The number of carboxylic acids is 1. The molecule has 2 rings (SSSR count). The minimum Gasteiger partial charge on any atom is -0.481 e. The maximum absolute atomic E-state index is 11.2. The molecule has 2 aliphatic rings. The van der Waals surface area contributed by atoms with E-state index in [4.69, 9.17) is 0 Å². The molecular weight excluding hydrogens is 212 g/mol. The largest absolute Gasteiger partial charge is 0.481 e. The van der Waals surface area contributed by atoms with Gasteiger partial charge in [-0.05, 0) is 49.9 Å². The van der Waals surface area contributed by atoms with Gasteiger partial charge in [0.15, 0.2) is 0 Å². The molecule has 0 aromatic carbocycles. The van der Waals surface area contributed by atoms with Crippen LogP contribution in [0.4, 0.5) is 0 Å². The van der Waals surface area contributed by atoms with E-state index in [2.05, 4.69) is 19.9 Å². The van der Waals surface area contributed by atoms with Crippen LogP contribution in [0.5, 0.6) is 0 Å². The highest BCUT2D eigenvalue weighted by molar-refractivity contribution is 5.70. The zero-order valence-electron chi connectivity index (χ0n) is 11.2. The van der Waals surface area contributed by atoms with Crippen molar-refractivity contribution in [2.75, 3.05) is 0 Å². The smallest absolute Gasteiger partial charge is 0.306 e. The lowest BCUT2D eigenvalue weighted by molar-refractivity contribution is -0.145. The number of carboxylic acid groups (broad SMARTS) is 1. The summed E-state index contributed by atoms with van der Waals surface area (Å²) >= 11 is 0. The summed E-state index contributed by atoms with van der Waals surface area (Å²) in [5.74, 6) is -0.0183. The zero-order chi connectivity index (χ0) is 12.6. The van der Waals surface area contributed by atoms with E-state index in [1.54, 1.807) is 0 Å². The van der Waals surface area contributed by atoms with Crippen molar-refractivity contribution in [1.82, 2.24) is 0 Å². The Bertz CT molecular complexity index is 345. The van der Waals surface area contributed by atoms with Crippen molar-refractivity contribution < 1.29 is 9.90 Å². The minimum atomic E-state index is -0.629. The monoisotopic (exact) mass is 236 g/mol. The Morgan fingerprint density at radius 3 is 2.88 bits per heavy atom. The van der Waals surface area contributed by atoms with Crippen molar-refractivity contribution in [1.29, 1.82) is 0 Å². The molecule has 0 bridgehead atoms. The average Bonchev–Trinajstić information content (AvgIpc) is 2.28. The van der Waals surface area contributed by atoms with E-state index in [9.17, 15) is 9.90 Å². The second kappa shape index (κ2) is 4.47. The van der Waals surface area contributed by atoms with E-state index in [0.29, 0.717) is 17.3 Å². The van der Waals surface area contributed by atoms with E-state index in [1.165, 1.54) is 31.3 Å². The summed E-state index contributed by atoms with van der Waals surface area (Å²) in [4.78, 5) is 11.2. The third kappa shape index (κ3) is 2.27. The first kappa shape index (κ1) is 12.7. The van der Waals surface area contributed by atoms with Crippen molar-refractivity contribution in [2.24, 2.45) is 23.2 Å². The van der Waals surface area contributed by atoms with Gasteiger partial charge in [-0.1, -0.05) is 31.9 Å². The van der Waals surface area contributed by atoms with Crippen LogP contribution < -0.4 is 0 Å². The Labute approximate surface area is 104 Å². The highest BCUT2D eigenvalue weighted by Crippen LogP contribution is 2.53. The van der Waals surface area contributed by atoms with Crippen LogP contribution in [0, 0.1) is 23.2 Å². The van der Waals surface area contributed by atoms with Crippen LogP contribution in [-0.2, 0) is 4.79 Å². The SMILES string of the molecule is CC1=C[C@@H]2C([C@H](C)C(=O)O)CCC[C@]2(C)CC1. The van der Waals surface area contributed by atoms with Gasteiger partial charge in [-0.3, -0.25) is 4.79 Å². The Balaban J connectivity index is 2.28. The van der Waals surface area contributed by atoms with Gasteiger partial charge in [0.05, 0.1) is 5.92 Å². The first-order chi connectivity index (χ1) is 7.94. The summed E-state index contributed by atoms with van der Waals surface area (Å²) in [6, 6.07) is 0. The van der Waals surface area contributed by atoms with E-state index >= 15 is 0 Å². The summed E-state index contributed by atoms with van der Waals surface area (Å²) in [5.41, 5.74) is 1.81. The van der Waals surface area contributed by atoms with Gasteiger partial charge in [0.25, 0.3) is 0 Å². The second-order valence-electron chi connectivity index (χ2n) is 6.38. The Kier molecular flexibility index (Phi) is 3.33. The summed E-state index contributed by atoms with van der Waals surface area (Å²) in [6.07, 6.45) is 8.36. The van der Waals surface area contributed by atoms with Crippen molar-refractivity contribution in [2.45, 2.75) is 52.9 Å². The number of hydrogen-bond acceptors (Lipinski definition) is 1. The maximum atomic E-state index is 11.2. The number of hydrogen-bond donors (Lipinski definition) is 1. The van der Waals surface area contributed by atoms with Crippen LogP contribution in [-0.4, -0.2) is 11.1 Å². The molecule has 0 aromatic rings. The highest BCUT2D eigenvalue weighted by Gasteiger charge is 2.45. The Hall–Kier alpha value is -0.790. The molecule has 1 unspecified atom stereocenters. The number of fused-ring (bicyclic) bond motifs is 1. The molecule has 96 valence electrons. The molecule has 17 heavy (non-hydrogen) atoms. The summed E-state index contributed by atoms with van der Waals surface area (Å²) < 4.78 is 0. The molecule has 0 amide bonds. The second-order valence-corrected chi connectivity index (χ2v) is 6.38. The topological polar surface area (TPSA) is 37.3 Å². The maximum Gasteiger partial charge on any atom is 0.306 e. The standard InChI is InChI=1S/C15H24O2/c1-10-6-8-15(3)7-4-5-12(13(15)9-10)11(2)14(16)17/h9,11-13H,4-8H2,1-3H3,(H,16,17)/t11-,12?,13+,15+/m0/s1. The molecule has 2 nitrogen and oxygen atoms in total. The molecule has 0 saturated heterocycles. The Morgan fingerprint density at radius 2 is 2.24 bits per heavy atom. The quantitative estimate of drug-likeness (QED) is 0.739. The van der Waals surface area contributed by atoms with E-state index in [1.807, 2.05) is 6.92 Å². The minimum absolute atomic E-state index is 0.207. The third-order valence-corrected chi connectivity index (χ3v) is 5.14. The van der Waals surface area contributed by atoms with Crippen LogP contribution in [0.1, 0.15) is 52.9 Å². The number of rotatable bonds is 2. The number of carbonyl (C=O) groups is 1. The zero-order valence-corrected chi connectivity index (χ0v) is 11.2. The van der Waals surface area contributed by atoms with Crippen molar-refractivity contribution in [3.05, 3.63) is 11.6 Å². The molecule has 1 N–H and O–H groups in total. The molecule has 0 radical (unpaired) electrons. The molecule has 4 atom stereocenters. The molecule has 1 saturated carbocycles. The summed E-state index contributed by atoms with van der Waals surface area (Å²) in [5, 5.41) is 9.25. The van der Waals surface area contributed by atoms with Crippen molar-refractivity contribution >= 4 is 5.97 Å². The molecule has 0 spiro atoms. The fourth-order valence-electron chi connectivity index (χ4n) is 3.84. The van der Waals surface area contributed by atoms with Crippen molar-refractivity contribution in [3.63, 3.8) is 0 Å². The lowest BCUT2D eigenvalue weighted by Crippen LogP contribution is -2.42. The van der Waals surface area contributed by atoms with Crippen LogP contribution in [0.3, 0.4) is 0 Å². The van der Waals surface area contributed by atoms with E-state index < -0.39 is 5.97 Å². The Morgan fingerprint density at radius 1 is 1.53 bits per heavy atom. The normalized spacial score (nSPS) is 39.1. The van der Waals surface area contributed by atoms with Gasteiger partial charge in [-0.2, -0.15) is 0 Å². The van der Waals surface area contributed by atoms with Crippen LogP contribution in [0.25, 0.3) is 0 Å². The molecule has 0 heterocycles. The highest BCUT2D eigenvalue weighted by atomic mass is 16.4. The molecule has 2 aliphatic carbocycles. The fraction of sp³-hybridized carbons (Fsp3) is 0.800. The van der Waals surface area contributed by atoms with Crippen molar-refractivity contribution in [3.8, 4) is 0 Å². The summed E-state index contributed by atoms with van der Waals surface area (Å²) in [6.45, 7) is 6.44. The van der Waals surface area contributed by atoms with E-state index in [-0.39, 0.29) is 5.92 Å². The van der Waals surface area contributed by atoms with Gasteiger partial charge in [0.2, 0.25) is 0 Å². The van der Waals surface area contributed by atoms with Gasteiger partial charge >= 0.3 is 5.97 Å². The predicted molar refractivity (Wildman–Crippen MR) is 68.7 cm³/mol. The van der Waals surface area contributed by atoms with Crippen LogP contribution in [0.15, 0.2) is 11.6 Å². The predicted octanol–water partition coefficient (Wildman–Crippen LogP) is 3.87. The fourth-order valence-corrected chi connectivity index (χ4v) is 3.84. The number of aliphatic carboxylic acids is 1. The van der Waals surface area contributed by atoms with Gasteiger partial charge in [0.1, 0.15) is 0 Å². The first-order valence-corrected chi connectivity index (χ1v) is 6.84. The molecule has 0 aromatic heterocycles. The third-order valence-electron chi connectivity index (χ3n) is 5.14. The number of allylic oxidation sites excluding steroid dienone is 2. The van der Waals surface area contributed by atoms with Gasteiger partial charge < -0.3 is 5.11 Å². The molecule has 0 aliphatic heterocycles. The summed E-state index contributed by atoms with van der Waals surface area (Å²) in [7, 11) is 0.